The molecule has 4 aromatic rings. The highest BCUT2D eigenvalue weighted by atomic mass is 16.6. The van der Waals surface area contributed by atoms with Gasteiger partial charge in [-0.1, -0.05) is 30.3 Å². The molecule has 0 saturated heterocycles. The Bertz CT molecular complexity index is 1190. The lowest BCUT2D eigenvalue weighted by Crippen LogP contribution is -2.20. The number of aromatic nitrogens is 1. The fourth-order valence-electron chi connectivity index (χ4n) is 2.78. The molecule has 0 atom stereocenters. The number of amides is 1. The zero-order chi connectivity index (χ0) is 20.2. The van der Waals surface area contributed by atoms with Gasteiger partial charge in [-0.2, -0.15) is 0 Å². The Morgan fingerprint density at radius 3 is 2.62 bits per heavy atom. The zero-order valence-electron chi connectivity index (χ0n) is 15.1. The predicted octanol–water partition coefficient (Wildman–Crippen LogP) is 4.42. The van der Waals surface area contributed by atoms with Crippen molar-refractivity contribution in [3.05, 3.63) is 82.9 Å². The van der Waals surface area contributed by atoms with Gasteiger partial charge in [-0.05, 0) is 30.3 Å². The number of non-ortho nitro benzene ring substituents is 1. The fourth-order valence-corrected chi connectivity index (χ4v) is 2.78. The number of carbonyl (C=O) groups is 1. The number of anilines is 1. The normalized spacial score (nSPS) is 10.6. The first kappa shape index (κ1) is 18.2. The molecule has 4 rings (SSSR count). The van der Waals surface area contributed by atoms with Gasteiger partial charge >= 0.3 is 0 Å². The van der Waals surface area contributed by atoms with Crippen molar-refractivity contribution in [3.8, 4) is 17.2 Å². The summed E-state index contributed by atoms with van der Waals surface area (Å²) in [6, 6.07) is 20.2. The van der Waals surface area contributed by atoms with Crippen molar-refractivity contribution in [1.82, 2.24) is 4.98 Å². The molecule has 0 aliphatic carbocycles. The van der Waals surface area contributed by atoms with Crippen molar-refractivity contribution in [2.75, 3.05) is 11.9 Å². The quantitative estimate of drug-likeness (QED) is 0.386. The summed E-state index contributed by atoms with van der Waals surface area (Å²) in [6.07, 6.45) is 0. The van der Waals surface area contributed by atoms with Gasteiger partial charge in [0.2, 0.25) is 5.89 Å². The van der Waals surface area contributed by atoms with Crippen LogP contribution in [0.4, 0.5) is 11.4 Å². The first-order valence-corrected chi connectivity index (χ1v) is 8.72. The Balaban J connectivity index is 1.56. The molecule has 1 heterocycles. The maximum atomic E-state index is 12.3. The van der Waals surface area contributed by atoms with Gasteiger partial charge in [0.25, 0.3) is 11.6 Å². The molecule has 8 heteroatoms. The van der Waals surface area contributed by atoms with Crippen molar-refractivity contribution >= 4 is 28.4 Å². The number of nitro groups is 1. The monoisotopic (exact) mass is 389 g/mol. The standard InChI is InChI=1S/C21H15N3O5/c25-20(13-28-15-6-2-1-3-7-15)22-17-9-5-4-8-16(17)21-23-18-12-14(24(26)27)10-11-19(18)29-21/h1-12H,13H2,(H,22,25). The summed E-state index contributed by atoms with van der Waals surface area (Å²) in [6.45, 7) is -0.155. The Labute approximate surface area is 164 Å². The molecule has 3 aromatic carbocycles. The van der Waals surface area contributed by atoms with Crippen LogP contribution >= 0.6 is 0 Å². The second-order valence-electron chi connectivity index (χ2n) is 6.12. The van der Waals surface area contributed by atoms with Gasteiger partial charge < -0.3 is 14.5 Å². The molecule has 0 spiro atoms. The van der Waals surface area contributed by atoms with Crippen LogP contribution in [-0.2, 0) is 4.79 Å². The summed E-state index contributed by atoms with van der Waals surface area (Å²) in [4.78, 5) is 27.1. The van der Waals surface area contributed by atoms with Gasteiger partial charge in [0.15, 0.2) is 12.2 Å². The number of oxazole rings is 1. The van der Waals surface area contributed by atoms with Gasteiger partial charge in [-0.15, -0.1) is 0 Å². The third-order valence-electron chi connectivity index (χ3n) is 4.13. The van der Waals surface area contributed by atoms with E-state index in [1.807, 2.05) is 18.2 Å². The lowest BCUT2D eigenvalue weighted by atomic mass is 10.1. The summed E-state index contributed by atoms with van der Waals surface area (Å²) < 4.78 is 11.2. The molecule has 0 unspecified atom stereocenters. The number of para-hydroxylation sites is 2. The van der Waals surface area contributed by atoms with E-state index >= 15 is 0 Å². The van der Waals surface area contributed by atoms with Crippen LogP contribution in [-0.4, -0.2) is 22.4 Å². The van der Waals surface area contributed by atoms with E-state index in [1.54, 1.807) is 36.4 Å². The van der Waals surface area contributed by atoms with Crippen LogP contribution in [0, 0.1) is 10.1 Å². The zero-order valence-corrected chi connectivity index (χ0v) is 15.1. The maximum Gasteiger partial charge on any atom is 0.271 e. The van der Waals surface area contributed by atoms with Crippen LogP contribution in [0.25, 0.3) is 22.6 Å². The molecule has 0 aliphatic rings. The van der Waals surface area contributed by atoms with Crippen LogP contribution in [0.5, 0.6) is 5.75 Å². The molecule has 0 fully saturated rings. The molecule has 8 nitrogen and oxygen atoms in total. The van der Waals surface area contributed by atoms with Crippen LogP contribution in [0.15, 0.2) is 77.2 Å². The first-order valence-electron chi connectivity index (χ1n) is 8.72. The number of nitro benzene ring substituents is 1. The minimum atomic E-state index is -0.491. The minimum Gasteiger partial charge on any atom is -0.484 e. The summed E-state index contributed by atoms with van der Waals surface area (Å²) in [7, 11) is 0. The number of nitrogens with zero attached hydrogens (tertiary/aromatic N) is 2. The molecule has 144 valence electrons. The van der Waals surface area contributed by atoms with E-state index in [0.29, 0.717) is 28.1 Å². The molecule has 0 radical (unpaired) electrons. The van der Waals surface area contributed by atoms with E-state index in [1.165, 1.54) is 18.2 Å². The smallest absolute Gasteiger partial charge is 0.271 e. The van der Waals surface area contributed by atoms with E-state index in [-0.39, 0.29) is 24.1 Å². The number of nitrogens with one attached hydrogen (secondary N) is 1. The number of fused-ring (bicyclic) bond motifs is 1. The number of carbonyl (C=O) groups excluding carboxylic acids is 1. The molecule has 29 heavy (non-hydrogen) atoms. The van der Waals surface area contributed by atoms with Crippen molar-refractivity contribution in [3.63, 3.8) is 0 Å². The molecule has 1 aromatic heterocycles. The second kappa shape index (κ2) is 7.81. The van der Waals surface area contributed by atoms with Crippen LogP contribution < -0.4 is 10.1 Å². The average Bonchev–Trinajstić information content (AvgIpc) is 3.16. The van der Waals surface area contributed by atoms with E-state index in [2.05, 4.69) is 10.3 Å². The molecule has 0 aliphatic heterocycles. The number of hydrogen-bond acceptors (Lipinski definition) is 6. The van der Waals surface area contributed by atoms with Gasteiger partial charge in [0, 0.05) is 12.1 Å². The maximum absolute atomic E-state index is 12.3. The third kappa shape index (κ3) is 4.06. The fraction of sp³-hybridized carbons (Fsp3) is 0.0476. The molecule has 0 bridgehead atoms. The lowest BCUT2D eigenvalue weighted by molar-refractivity contribution is -0.384. The summed E-state index contributed by atoms with van der Waals surface area (Å²) >= 11 is 0. The molecule has 1 amide bonds. The summed E-state index contributed by atoms with van der Waals surface area (Å²) in [5.74, 6) is 0.505. The SMILES string of the molecule is O=C(COc1ccccc1)Nc1ccccc1-c1nc2cc([N+](=O)[O-])ccc2o1. The first-order chi connectivity index (χ1) is 14.1. The van der Waals surface area contributed by atoms with Crippen LogP contribution in [0.2, 0.25) is 0 Å². The van der Waals surface area contributed by atoms with E-state index in [0.717, 1.165) is 0 Å². The summed E-state index contributed by atoms with van der Waals surface area (Å²) in [5.41, 5.74) is 1.76. The highest BCUT2D eigenvalue weighted by Gasteiger charge is 2.16. The van der Waals surface area contributed by atoms with Crippen molar-refractivity contribution in [2.24, 2.45) is 0 Å². The number of hydrogen-bond donors (Lipinski definition) is 1. The van der Waals surface area contributed by atoms with Gasteiger partial charge in [-0.25, -0.2) is 4.98 Å². The van der Waals surface area contributed by atoms with E-state index in [4.69, 9.17) is 9.15 Å². The largest absolute Gasteiger partial charge is 0.484 e. The Morgan fingerprint density at radius 2 is 1.83 bits per heavy atom. The molecule has 1 N–H and O–H groups in total. The average molecular weight is 389 g/mol. The highest BCUT2D eigenvalue weighted by Crippen LogP contribution is 2.31. The van der Waals surface area contributed by atoms with E-state index < -0.39 is 4.92 Å². The minimum absolute atomic E-state index is 0.0722. The highest BCUT2D eigenvalue weighted by molar-refractivity contribution is 5.96. The topological polar surface area (TPSA) is 108 Å². The number of ether oxygens (including phenoxy) is 1. The van der Waals surface area contributed by atoms with Crippen molar-refractivity contribution in [1.29, 1.82) is 0 Å². The second-order valence-corrected chi connectivity index (χ2v) is 6.12. The molecular weight excluding hydrogens is 374 g/mol. The lowest BCUT2D eigenvalue weighted by Gasteiger charge is -2.10. The number of rotatable bonds is 6. The van der Waals surface area contributed by atoms with Gasteiger partial charge in [0.05, 0.1) is 16.2 Å². The van der Waals surface area contributed by atoms with Gasteiger partial charge in [-0.3, -0.25) is 14.9 Å². The predicted molar refractivity (Wildman–Crippen MR) is 107 cm³/mol. The Hall–Kier alpha value is -4.20. The van der Waals surface area contributed by atoms with Crippen molar-refractivity contribution < 1.29 is 18.9 Å². The van der Waals surface area contributed by atoms with E-state index in [9.17, 15) is 14.9 Å². The van der Waals surface area contributed by atoms with Gasteiger partial charge in [0.1, 0.15) is 11.3 Å². The Morgan fingerprint density at radius 1 is 1.07 bits per heavy atom. The van der Waals surface area contributed by atoms with Crippen molar-refractivity contribution in [2.45, 2.75) is 0 Å². The third-order valence-corrected chi connectivity index (χ3v) is 4.13. The Kier molecular flexibility index (Phi) is 4.90. The molecule has 0 saturated carbocycles. The summed E-state index contributed by atoms with van der Waals surface area (Å²) in [5, 5.41) is 13.7. The van der Waals surface area contributed by atoms with Crippen LogP contribution in [0.1, 0.15) is 0 Å². The van der Waals surface area contributed by atoms with Crippen LogP contribution in [0.3, 0.4) is 0 Å². The molecular formula is C21H15N3O5. The number of benzene rings is 3.